The summed E-state index contributed by atoms with van der Waals surface area (Å²) in [6.45, 7) is 2.60. The topological polar surface area (TPSA) is 40.5 Å². The fourth-order valence-corrected chi connectivity index (χ4v) is 3.29. The van der Waals surface area contributed by atoms with Gasteiger partial charge >= 0.3 is 0 Å². The first kappa shape index (κ1) is 14.4. The predicted octanol–water partition coefficient (Wildman–Crippen LogP) is 3.48. The number of phenols is 1. The second kappa shape index (κ2) is 6.42. The van der Waals surface area contributed by atoms with E-state index >= 15 is 0 Å². The number of rotatable bonds is 2. The minimum Gasteiger partial charge on any atom is -0.508 e. The molecule has 1 atom stereocenters. The summed E-state index contributed by atoms with van der Waals surface area (Å²) in [7, 11) is 0. The second-order valence-electron chi connectivity index (χ2n) is 5.11. The lowest BCUT2D eigenvalue weighted by molar-refractivity contribution is 0.0701. The van der Waals surface area contributed by atoms with E-state index in [1.54, 1.807) is 25.1 Å². The molecule has 0 aromatic heterocycles. The summed E-state index contributed by atoms with van der Waals surface area (Å²) >= 11 is 3.52. The molecule has 1 aliphatic heterocycles. The molecule has 0 radical (unpaired) electrons. The molecule has 0 aliphatic carbocycles. The van der Waals surface area contributed by atoms with Crippen LogP contribution in [0.5, 0.6) is 5.75 Å². The van der Waals surface area contributed by atoms with Gasteiger partial charge in [0.1, 0.15) is 5.75 Å². The molecule has 3 nitrogen and oxygen atoms in total. The Morgan fingerprint density at radius 3 is 2.95 bits per heavy atom. The van der Waals surface area contributed by atoms with Gasteiger partial charge in [0.25, 0.3) is 5.91 Å². The zero-order chi connectivity index (χ0) is 13.8. The van der Waals surface area contributed by atoms with Gasteiger partial charge in [-0.25, -0.2) is 0 Å². The molecule has 0 bridgehead atoms. The van der Waals surface area contributed by atoms with Crippen LogP contribution in [-0.2, 0) is 0 Å². The molecule has 1 aliphatic rings. The fraction of sp³-hybridized carbons (Fsp3) is 0.533. The van der Waals surface area contributed by atoms with Crippen LogP contribution in [0.4, 0.5) is 0 Å². The Labute approximate surface area is 122 Å². The predicted molar refractivity (Wildman–Crippen MR) is 79.9 cm³/mol. The van der Waals surface area contributed by atoms with E-state index < -0.39 is 0 Å². The van der Waals surface area contributed by atoms with Crippen molar-refractivity contribution >= 4 is 21.8 Å². The van der Waals surface area contributed by atoms with Crippen molar-refractivity contribution in [2.45, 2.75) is 38.6 Å². The van der Waals surface area contributed by atoms with Crippen LogP contribution >= 0.6 is 15.9 Å². The summed E-state index contributed by atoms with van der Waals surface area (Å²) < 4.78 is 0. The molecule has 1 aromatic carbocycles. The van der Waals surface area contributed by atoms with Crippen molar-refractivity contribution in [3.05, 3.63) is 29.3 Å². The molecule has 1 saturated heterocycles. The normalized spacial score (nSPS) is 20.1. The molecule has 1 amide bonds. The lowest BCUT2D eigenvalue weighted by Gasteiger charge is -2.29. The molecule has 0 saturated carbocycles. The number of halogens is 1. The van der Waals surface area contributed by atoms with Gasteiger partial charge in [-0.1, -0.05) is 34.8 Å². The Kier molecular flexibility index (Phi) is 4.86. The van der Waals surface area contributed by atoms with Crippen molar-refractivity contribution in [2.75, 3.05) is 11.9 Å². The van der Waals surface area contributed by atoms with Crippen molar-refractivity contribution < 1.29 is 9.90 Å². The molecule has 104 valence electrons. The van der Waals surface area contributed by atoms with Gasteiger partial charge in [-0.15, -0.1) is 0 Å². The first-order valence-corrected chi connectivity index (χ1v) is 7.93. The molecular formula is C15H20BrNO2. The molecule has 1 unspecified atom stereocenters. The number of hydrogen-bond acceptors (Lipinski definition) is 2. The van der Waals surface area contributed by atoms with Gasteiger partial charge in [0, 0.05) is 29.0 Å². The number of hydrogen-bond donors (Lipinski definition) is 1. The van der Waals surface area contributed by atoms with Crippen molar-refractivity contribution in [3.63, 3.8) is 0 Å². The zero-order valence-electron chi connectivity index (χ0n) is 11.2. The number of phenolic OH excluding ortho intramolecular Hbond substituents is 1. The lowest BCUT2D eigenvalue weighted by atomic mass is 10.1. The van der Waals surface area contributed by atoms with Crippen LogP contribution in [0.15, 0.2) is 18.2 Å². The standard InChI is InChI=1S/C15H20BrNO2/c1-11-13(7-5-8-14(11)18)15(19)17-9-4-2-3-6-12(17)10-16/h5,7-8,12,18H,2-4,6,9-10H2,1H3. The van der Waals surface area contributed by atoms with E-state index in [-0.39, 0.29) is 17.7 Å². The summed E-state index contributed by atoms with van der Waals surface area (Å²) in [6, 6.07) is 5.41. The number of nitrogens with zero attached hydrogens (tertiary/aromatic N) is 1. The van der Waals surface area contributed by atoms with E-state index in [0.29, 0.717) is 11.1 Å². The maximum atomic E-state index is 12.7. The number of alkyl halides is 1. The molecule has 1 N–H and O–H groups in total. The van der Waals surface area contributed by atoms with Crippen LogP contribution in [-0.4, -0.2) is 33.8 Å². The number of aromatic hydroxyl groups is 1. The Hall–Kier alpha value is -1.03. The van der Waals surface area contributed by atoms with Crippen LogP contribution in [0.1, 0.15) is 41.6 Å². The summed E-state index contributed by atoms with van der Waals surface area (Å²) in [5.41, 5.74) is 1.29. The van der Waals surface area contributed by atoms with E-state index in [9.17, 15) is 9.90 Å². The maximum Gasteiger partial charge on any atom is 0.254 e. The number of benzene rings is 1. The summed E-state index contributed by atoms with van der Waals surface area (Å²) in [5.74, 6) is 0.232. The molecule has 1 fully saturated rings. The number of carbonyl (C=O) groups is 1. The minimum absolute atomic E-state index is 0.0414. The van der Waals surface area contributed by atoms with Crippen LogP contribution in [0.2, 0.25) is 0 Å². The smallest absolute Gasteiger partial charge is 0.254 e. The lowest BCUT2D eigenvalue weighted by Crippen LogP contribution is -2.41. The molecular weight excluding hydrogens is 306 g/mol. The minimum atomic E-state index is 0.0414. The van der Waals surface area contributed by atoms with Gasteiger partial charge < -0.3 is 10.0 Å². The van der Waals surface area contributed by atoms with Gasteiger partial charge in [0.05, 0.1) is 0 Å². The van der Waals surface area contributed by atoms with E-state index in [1.165, 1.54) is 12.8 Å². The molecule has 4 heteroatoms. The van der Waals surface area contributed by atoms with Crippen LogP contribution in [0.25, 0.3) is 0 Å². The van der Waals surface area contributed by atoms with Gasteiger partial charge in [-0.3, -0.25) is 4.79 Å². The van der Waals surface area contributed by atoms with Crippen molar-refractivity contribution in [1.82, 2.24) is 4.90 Å². The van der Waals surface area contributed by atoms with Crippen LogP contribution in [0, 0.1) is 6.92 Å². The van der Waals surface area contributed by atoms with Crippen molar-refractivity contribution in [3.8, 4) is 5.75 Å². The van der Waals surface area contributed by atoms with E-state index in [2.05, 4.69) is 15.9 Å². The van der Waals surface area contributed by atoms with E-state index in [1.807, 2.05) is 4.90 Å². The van der Waals surface area contributed by atoms with Gasteiger partial charge in [0.15, 0.2) is 0 Å². The summed E-state index contributed by atoms with van der Waals surface area (Å²) in [6.07, 6.45) is 4.48. The van der Waals surface area contributed by atoms with Crippen LogP contribution < -0.4 is 0 Å². The molecule has 1 heterocycles. The molecule has 2 rings (SSSR count). The van der Waals surface area contributed by atoms with Crippen LogP contribution in [0.3, 0.4) is 0 Å². The Morgan fingerprint density at radius 1 is 1.42 bits per heavy atom. The average Bonchev–Trinajstić information content (AvgIpc) is 2.66. The third-order valence-electron chi connectivity index (χ3n) is 3.85. The number of likely N-dealkylation sites (tertiary alicyclic amines) is 1. The number of amides is 1. The third kappa shape index (κ3) is 3.11. The monoisotopic (exact) mass is 325 g/mol. The Balaban J connectivity index is 2.28. The zero-order valence-corrected chi connectivity index (χ0v) is 12.8. The summed E-state index contributed by atoms with van der Waals surface area (Å²) in [5, 5.41) is 10.6. The Morgan fingerprint density at radius 2 is 2.21 bits per heavy atom. The molecule has 1 aromatic rings. The first-order valence-electron chi connectivity index (χ1n) is 6.80. The SMILES string of the molecule is Cc1c(O)cccc1C(=O)N1CCCCCC1CBr. The van der Waals surface area contributed by atoms with Gasteiger partial charge in [0.2, 0.25) is 0 Å². The van der Waals surface area contributed by atoms with Crippen molar-refractivity contribution in [2.24, 2.45) is 0 Å². The average molecular weight is 326 g/mol. The highest BCUT2D eigenvalue weighted by Gasteiger charge is 2.26. The third-order valence-corrected chi connectivity index (χ3v) is 4.60. The van der Waals surface area contributed by atoms with E-state index in [0.717, 1.165) is 24.7 Å². The van der Waals surface area contributed by atoms with E-state index in [4.69, 9.17) is 0 Å². The maximum absolute atomic E-state index is 12.7. The Bertz CT molecular complexity index is 461. The highest BCUT2D eigenvalue weighted by molar-refractivity contribution is 9.09. The van der Waals surface area contributed by atoms with Gasteiger partial charge in [-0.05, 0) is 31.9 Å². The van der Waals surface area contributed by atoms with Crippen molar-refractivity contribution in [1.29, 1.82) is 0 Å². The highest BCUT2D eigenvalue weighted by Crippen LogP contribution is 2.25. The van der Waals surface area contributed by atoms with Gasteiger partial charge in [-0.2, -0.15) is 0 Å². The molecule has 19 heavy (non-hydrogen) atoms. The largest absolute Gasteiger partial charge is 0.508 e. The quantitative estimate of drug-likeness (QED) is 0.845. The highest BCUT2D eigenvalue weighted by atomic mass is 79.9. The summed E-state index contributed by atoms with van der Waals surface area (Å²) in [4.78, 5) is 14.7. The second-order valence-corrected chi connectivity index (χ2v) is 5.75. The molecule has 0 spiro atoms. The first-order chi connectivity index (χ1) is 9.15. The number of carbonyl (C=O) groups excluding carboxylic acids is 1. The fourth-order valence-electron chi connectivity index (χ4n) is 2.61.